The number of nitrogens with zero attached hydrogens (tertiary/aromatic N) is 3. The zero-order chi connectivity index (χ0) is 13.3. The Bertz CT molecular complexity index is 573. The summed E-state index contributed by atoms with van der Waals surface area (Å²) < 4.78 is 0.805. The first-order valence-corrected chi connectivity index (χ1v) is 6.62. The molecule has 0 radical (unpaired) electrons. The second-order valence-electron chi connectivity index (χ2n) is 5.40. The Balaban J connectivity index is 2.55. The second-order valence-corrected chi connectivity index (χ2v) is 6.21. The fourth-order valence-electron chi connectivity index (χ4n) is 1.60. The van der Waals surface area contributed by atoms with Crippen LogP contribution in [0.2, 0.25) is 0 Å². The van der Waals surface area contributed by atoms with Crippen molar-refractivity contribution in [2.45, 2.75) is 33.1 Å². The first kappa shape index (κ1) is 13.1. The predicted octanol–water partition coefficient (Wildman–Crippen LogP) is 3.91. The normalized spacial score (nSPS) is 11.6. The molecule has 0 amide bonds. The van der Waals surface area contributed by atoms with Crippen LogP contribution < -0.4 is 0 Å². The van der Waals surface area contributed by atoms with Crippen molar-refractivity contribution < 1.29 is 0 Å². The molecule has 0 saturated heterocycles. The predicted molar refractivity (Wildman–Crippen MR) is 76.4 cm³/mol. The highest BCUT2D eigenvalue weighted by Gasteiger charge is 2.19. The van der Waals surface area contributed by atoms with Crippen molar-refractivity contribution in [3.63, 3.8) is 0 Å². The van der Waals surface area contributed by atoms with E-state index in [9.17, 15) is 0 Å². The fraction of sp³-hybridized carbons (Fsp3) is 0.357. The molecule has 0 aromatic carbocycles. The van der Waals surface area contributed by atoms with E-state index in [1.54, 1.807) is 0 Å². The maximum atomic E-state index is 4.64. The molecular formula is C14H16BrN3. The van der Waals surface area contributed by atoms with E-state index in [0.717, 1.165) is 27.2 Å². The van der Waals surface area contributed by atoms with Crippen molar-refractivity contribution in [2.24, 2.45) is 0 Å². The standard InChI is InChI=1S/C14H16BrN3/c1-9-5-10(8-16-7-9)11-6-12(15)18-13(17-11)14(2,3)4/h5-8H,1-4H3. The molecule has 0 aliphatic rings. The summed E-state index contributed by atoms with van der Waals surface area (Å²) in [5, 5.41) is 0. The molecule has 0 fully saturated rings. The molecule has 0 aliphatic carbocycles. The smallest absolute Gasteiger partial charge is 0.135 e. The largest absolute Gasteiger partial charge is 0.264 e. The van der Waals surface area contributed by atoms with Crippen LogP contribution in [0.15, 0.2) is 29.1 Å². The molecule has 0 aliphatic heterocycles. The van der Waals surface area contributed by atoms with Gasteiger partial charge in [0.1, 0.15) is 10.4 Å². The lowest BCUT2D eigenvalue weighted by atomic mass is 9.95. The maximum Gasteiger partial charge on any atom is 0.135 e. The van der Waals surface area contributed by atoms with Gasteiger partial charge >= 0.3 is 0 Å². The minimum absolute atomic E-state index is 0.0736. The van der Waals surface area contributed by atoms with E-state index in [2.05, 4.69) is 57.7 Å². The van der Waals surface area contributed by atoms with Crippen molar-refractivity contribution in [3.05, 3.63) is 40.5 Å². The van der Waals surface area contributed by atoms with Crippen LogP contribution in [0.1, 0.15) is 32.2 Å². The summed E-state index contributed by atoms with van der Waals surface area (Å²) in [6, 6.07) is 4.00. The average Bonchev–Trinajstić information content (AvgIpc) is 2.27. The SMILES string of the molecule is Cc1cncc(-c2cc(Br)nc(C(C)(C)C)n2)c1. The summed E-state index contributed by atoms with van der Waals surface area (Å²) in [5.41, 5.74) is 2.97. The lowest BCUT2D eigenvalue weighted by Gasteiger charge is -2.17. The van der Waals surface area contributed by atoms with Gasteiger partial charge in [0.15, 0.2) is 0 Å². The Kier molecular flexibility index (Phi) is 3.48. The molecule has 0 N–H and O–H groups in total. The molecule has 0 spiro atoms. The molecule has 0 saturated carbocycles. The van der Waals surface area contributed by atoms with Gasteiger partial charge in [0.2, 0.25) is 0 Å². The van der Waals surface area contributed by atoms with Gasteiger partial charge in [-0.15, -0.1) is 0 Å². The van der Waals surface area contributed by atoms with Crippen LogP contribution in [0.5, 0.6) is 0 Å². The van der Waals surface area contributed by atoms with Gasteiger partial charge in [-0.3, -0.25) is 4.98 Å². The van der Waals surface area contributed by atoms with Crippen molar-refractivity contribution in [2.75, 3.05) is 0 Å². The number of aromatic nitrogens is 3. The monoisotopic (exact) mass is 305 g/mol. The Morgan fingerprint density at radius 3 is 2.39 bits per heavy atom. The van der Waals surface area contributed by atoms with Crippen LogP contribution in [0.3, 0.4) is 0 Å². The highest BCUT2D eigenvalue weighted by atomic mass is 79.9. The molecule has 94 valence electrons. The number of hydrogen-bond donors (Lipinski definition) is 0. The first-order valence-electron chi connectivity index (χ1n) is 5.83. The van der Waals surface area contributed by atoms with Crippen LogP contribution in [0, 0.1) is 6.92 Å². The summed E-state index contributed by atoms with van der Waals surface area (Å²) in [6.07, 6.45) is 3.67. The van der Waals surface area contributed by atoms with Crippen LogP contribution in [0.4, 0.5) is 0 Å². The van der Waals surface area contributed by atoms with Crippen LogP contribution in [0.25, 0.3) is 11.3 Å². The topological polar surface area (TPSA) is 38.7 Å². The van der Waals surface area contributed by atoms with E-state index in [0.29, 0.717) is 0 Å². The molecule has 0 bridgehead atoms. The fourth-order valence-corrected chi connectivity index (χ4v) is 1.98. The highest BCUT2D eigenvalue weighted by Crippen LogP contribution is 2.25. The third-order valence-corrected chi connectivity index (χ3v) is 2.94. The highest BCUT2D eigenvalue weighted by molar-refractivity contribution is 9.10. The number of rotatable bonds is 1. The number of hydrogen-bond acceptors (Lipinski definition) is 3. The van der Waals surface area contributed by atoms with E-state index < -0.39 is 0 Å². The molecule has 4 heteroatoms. The van der Waals surface area contributed by atoms with Crippen molar-refractivity contribution in [1.82, 2.24) is 15.0 Å². The van der Waals surface area contributed by atoms with E-state index in [-0.39, 0.29) is 5.41 Å². The molecule has 2 heterocycles. The van der Waals surface area contributed by atoms with Gasteiger partial charge in [-0.25, -0.2) is 9.97 Å². The summed E-state index contributed by atoms with van der Waals surface area (Å²) in [5.74, 6) is 0.827. The second kappa shape index (κ2) is 4.76. The van der Waals surface area contributed by atoms with Gasteiger partial charge in [-0.1, -0.05) is 20.8 Å². The van der Waals surface area contributed by atoms with Gasteiger partial charge in [-0.2, -0.15) is 0 Å². The number of halogens is 1. The van der Waals surface area contributed by atoms with E-state index >= 15 is 0 Å². The van der Waals surface area contributed by atoms with Gasteiger partial charge in [-0.05, 0) is 40.5 Å². The van der Waals surface area contributed by atoms with Gasteiger partial charge < -0.3 is 0 Å². The van der Waals surface area contributed by atoms with Gasteiger partial charge in [0.25, 0.3) is 0 Å². The quantitative estimate of drug-likeness (QED) is 0.750. The molecule has 0 atom stereocenters. The summed E-state index contributed by atoms with van der Waals surface area (Å²) >= 11 is 3.45. The molecule has 3 nitrogen and oxygen atoms in total. The third kappa shape index (κ3) is 2.93. The number of aryl methyl sites for hydroxylation is 1. The zero-order valence-electron chi connectivity index (χ0n) is 11.0. The molecule has 2 rings (SSSR count). The number of pyridine rings is 1. The summed E-state index contributed by atoms with van der Waals surface area (Å²) in [7, 11) is 0. The first-order chi connectivity index (χ1) is 8.36. The van der Waals surface area contributed by atoms with Gasteiger partial charge in [0.05, 0.1) is 5.69 Å². The van der Waals surface area contributed by atoms with Crippen molar-refractivity contribution >= 4 is 15.9 Å². The van der Waals surface area contributed by atoms with Crippen LogP contribution in [-0.2, 0) is 5.41 Å². The van der Waals surface area contributed by atoms with E-state index in [4.69, 9.17) is 0 Å². The zero-order valence-corrected chi connectivity index (χ0v) is 12.6. The Morgan fingerprint density at radius 1 is 1.06 bits per heavy atom. The van der Waals surface area contributed by atoms with Crippen molar-refractivity contribution in [3.8, 4) is 11.3 Å². The molecule has 0 unspecified atom stereocenters. The Labute approximate surface area is 116 Å². The average molecular weight is 306 g/mol. The third-order valence-electron chi connectivity index (χ3n) is 2.54. The molecule has 2 aromatic rings. The summed E-state index contributed by atoms with van der Waals surface area (Å²) in [6.45, 7) is 8.34. The Morgan fingerprint density at radius 2 is 1.78 bits per heavy atom. The van der Waals surface area contributed by atoms with Crippen LogP contribution in [-0.4, -0.2) is 15.0 Å². The van der Waals surface area contributed by atoms with E-state index in [1.165, 1.54) is 0 Å². The molecule has 18 heavy (non-hydrogen) atoms. The van der Waals surface area contributed by atoms with Gasteiger partial charge in [0, 0.05) is 23.4 Å². The molecular weight excluding hydrogens is 290 g/mol. The lowest BCUT2D eigenvalue weighted by Crippen LogP contribution is -2.16. The maximum absolute atomic E-state index is 4.64. The molecule has 2 aromatic heterocycles. The van der Waals surface area contributed by atoms with Crippen LogP contribution >= 0.6 is 15.9 Å². The Hall–Kier alpha value is -1.29. The van der Waals surface area contributed by atoms with E-state index in [1.807, 2.05) is 25.4 Å². The van der Waals surface area contributed by atoms with Crippen molar-refractivity contribution in [1.29, 1.82) is 0 Å². The minimum Gasteiger partial charge on any atom is -0.264 e. The minimum atomic E-state index is -0.0736. The summed E-state index contributed by atoms with van der Waals surface area (Å²) in [4.78, 5) is 13.3. The lowest BCUT2D eigenvalue weighted by molar-refractivity contribution is 0.544.